The van der Waals surface area contributed by atoms with Crippen molar-refractivity contribution in [1.29, 1.82) is 0 Å². The van der Waals surface area contributed by atoms with E-state index in [0.717, 1.165) is 0 Å². The molecule has 0 aliphatic heterocycles. The molecule has 0 aromatic heterocycles. The third-order valence-electron chi connectivity index (χ3n) is 4.13. The molecule has 0 spiro atoms. The predicted octanol–water partition coefficient (Wildman–Crippen LogP) is 4.21. The molecule has 2 heteroatoms. The van der Waals surface area contributed by atoms with Gasteiger partial charge in [-0.15, -0.1) is 12.4 Å². The summed E-state index contributed by atoms with van der Waals surface area (Å²) >= 11 is 0. The van der Waals surface area contributed by atoms with Crippen LogP contribution < -0.4 is 5.73 Å². The highest BCUT2D eigenvalue weighted by Crippen LogP contribution is 2.47. The molecule has 0 radical (unpaired) electrons. The van der Waals surface area contributed by atoms with Crippen LogP contribution in [-0.4, -0.2) is 0 Å². The highest BCUT2D eigenvalue weighted by molar-refractivity contribution is 5.85. The molecule has 0 saturated heterocycles. The summed E-state index contributed by atoms with van der Waals surface area (Å²) in [4.78, 5) is 0. The van der Waals surface area contributed by atoms with Gasteiger partial charge in [0.1, 0.15) is 0 Å². The van der Waals surface area contributed by atoms with E-state index in [9.17, 15) is 0 Å². The molecule has 1 nitrogen and oxygen atoms in total. The Morgan fingerprint density at radius 3 is 1.95 bits per heavy atom. The first-order chi connectivity index (χ1) is 8.69. The first kappa shape index (κ1) is 14.1. The molecule has 1 fully saturated rings. The van der Waals surface area contributed by atoms with Crippen molar-refractivity contribution in [1.82, 2.24) is 0 Å². The van der Waals surface area contributed by atoms with Crippen LogP contribution >= 0.6 is 12.4 Å². The SMILES string of the molecule is CC1(c2ccc([C@@H](N)c3ccccc3)cc2)CC1.Cl. The van der Waals surface area contributed by atoms with E-state index in [1.165, 1.54) is 29.5 Å². The Hall–Kier alpha value is -1.31. The van der Waals surface area contributed by atoms with Gasteiger partial charge in [0.25, 0.3) is 0 Å². The number of benzene rings is 2. The molecule has 19 heavy (non-hydrogen) atoms. The van der Waals surface area contributed by atoms with Crippen LogP contribution in [0.3, 0.4) is 0 Å². The predicted molar refractivity (Wildman–Crippen MR) is 82.7 cm³/mol. The topological polar surface area (TPSA) is 26.0 Å². The van der Waals surface area contributed by atoms with E-state index in [2.05, 4.69) is 43.3 Å². The Kier molecular flexibility index (Phi) is 3.98. The molecular formula is C17H20ClN. The largest absolute Gasteiger partial charge is 0.320 e. The highest BCUT2D eigenvalue weighted by Gasteiger charge is 2.38. The van der Waals surface area contributed by atoms with Gasteiger partial charge in [-0.05, 0) is 34.9 Å². The Morgan fingerprint density at radius 1 is 0.895 bits per heavy atom. The Morgan fingerprint density at radius 2 is 1.42 bits per heavy atom. The van der Waals surface area contributed by atoms with Crippen molar-refractivity contribution in [2.24, 2.45) is 5.73 Å². The van der Waals surface area contributed by atoms with Crippen molar-refractivity contribution in [2.45, 2.75) is 31.2 Å². The molecule has 1 aliphatic carbocycles. The summed E-state index contributed by atoms with van der Waals surface area (Å²) in [6.45, 7) is 2.33. The molecule has 0 heterocycles. The first-order valence-electron chi connectivity index (χ1n) is 6.60. The second-order valence-electron chi connectivity index (χ2n) is 5.57. The zero-order valence-corrected chi connectivity index (χ0v) is 12.0. The lowest BCUT2D eigenvalue weighted by atomic mass is 9.94. The van der Waals surface area contributed by atoms with Crippen molar-refractivity contribution < 1.29 is 0 Å². The zero-order chi connectivity index (χ0) is 12.6. The van der Waals surface area contributed by atoms with Gasteiger partial charge in [0.15, 0.2) is 0 Å². The lowest BCUT2D eigenvalue weighted by Crippen LogP contribution is -2.12. The maximum atomic E-state index is 6.29. The maximum Gasteiger partial charge on any atom is 0.0551 e. The highest BCUT2D eigenvalue weighted by atomic mass is 35.5. The van der Waals surface area contributed by atoms with Gasteiger partial charge in [-0.3, -0.25) is 0 Å². The molecule has 1 aliphatic rings. The van der Waals surface area contributed by atoms with Crippen LogP contribution in [0.25, 0.3) is 0 Å². The van der Waals surface area contributed by atoms with Crippen LogP contribution in [0.15, 0.2) is 54.6 Å². The molecule has 0 amide bonds. The van der Waals surface area contributed by atoms with Gasteiger partial charge in [-0.25, -0.2) is 0 Å². The summed E-state index contributed by atoms with van der Waals surface area (Å²) in [6.07, 6.45) is 2.63. The second kappa shape index (κ2) is 5.36. The number of hydrogen-bond acceptors (Lipinski definition) is 1. The van der Waals surface area contributed by atoms with E-state index in [-0.39, 0.29) is 18.4 Å². The number of rotatable bonds is 3. The Bertz CT molecular complexity index is 529. The smallest absolute Gasteiger partial charge is 0.0551 e. The molecule has 1 saturated carbocycles. The summed E-state index contributed by atoms with van der Waals surface area (Å²) in [5, 5.41) is 0. The summed E-state index contributed by atoms with van der Waals surface area (Å²) in [7, 11) is 0. The van der Waals surface area contributed by atoms with Crippen molar-refractivity contribution in [3.8, 4) is 0 Å². The van der Waals surface area contributed by atoms with Crippen LogP contribution in [0.4, 0.5) is 0 Å². The van der Waals surface area contributed by atoms with Crippen molar-refractivity contribution >= 4 is 12.4 Å². The summed E-state index contributed by atoms with van der Waals surface area (Å²) in [5.41, 5.74) is 10.5. The van der Waals surface area contributed by atoms with Gasteiger partial charge < -0.3 is 5.73 Å². The average Bonchev–Trinajstić information content (AvgIpc) is 3.18. The molecule has 2 aromatic carbocycles. The molecule has 2 N–H and O–H groups in total. The second-order valence-corrected chi connectivity index (χ2v) is 5.57. The first-order valence-corrected chi connectivity index (χ1v) is 6.60. The Labute approximate surface area is 121 Å². The monoisotopic (exact) mass is 273 g/mol. The molecular weight excluding hydrogens is 254 g/mol. The van der Waals surface area contributed by atoms with E-state index in [4.69, 9.17) is 5.73 Å². The molecule has 0 bridgehead atoms. The van der Waals surface area contributed by atoms with Gasteiger partial charge in [0, 0.05) is 0 Å². The third kappa shape index (κ3) is 2.83. The number of halogens is 1. The van der Waals surface area contributed by atoms with E-state index in [1.807, 2.05) is 18.2 Å². The summed E-state index contributed by atoms with van der Waals surface area (Å²) in [5.74, 6) is 0. The van der Waals surface area contributed by atoms with E-state index >= 15 is 0 Å². The molecule has 100 valence electrons. The van der Waals surface area contributed by atoms with Crippen molar-refractivity contribution in [3.63, 3.8) is 0 Å². The van der Waals surface area contributed by atoms with Gasteiger partial charge >= 0.3 is 0 Å². The van der Waals surface area contributed by atoms with E-state index in [1.54, 1.807) is 0 Å². The van der Waals surface area contributed by atoms with Gasteiger partial charge in [-0.2, -0.15) is 0 Å². The fourth-order valence-electron chi connectivity index (χ4n) is 2.42. The third-order valence-corrected chi connectivity index (χ3v) is 4.13. The van der Waals surface area contributed by atoms with Crippen LogP contribution in [0.2, 0.25) is 0 Å². The molecule has 1 atom stereocenters. The zero-order valence-electron chi connectivity index (χ0n) is 11.2. The molecule has 0 unspecified atom stereocenters. The minimum atomic E-state index is -0.0211. The minimum Gasteiger partial charge on any atom is -0.320 e. The van der Waals surface area contributed by atoms with Crippen molar-refractivity contribution in [3.05, 3.63) is 71.3 Å². The number of hydrogen-bond donors (Lipinski definition) is 1. The maximum absolute atomic E-state index is 6.29. The number of nitrogens with two attached hydrogens (primary N) is 1. The van der Waals surface area contributed by atoms with Crippen LogP contribution in [-0.2, 0) is 5.41 Å². The lowest BCUT2D eigenvalue weighted by molar-refractivity contribution is 0.783. The van der Waals surface area contributed by atoms with Gasteiger partial charge in [0.05, 0.1) is 6.04 Å². The van der Waals surface area contributed by atoms with Crippen LogP contribution in [0.5, 0.6) is 0 Å². The summed E-state index contributed by atoms with van der Waals surface area (Å²) < 4.78 is 0. The van der Waals surface area contributed by atoms with Crippen LogP contribution in [0, 0.1) is 0 Å². The average molecular weight is 274 g/mol. The van der Waals surface area contributed by atoms with Crippen molar-refractivity contribution in [2.75, 3.05) is 0 Å². The van der Waals surface area contributed by atoms with E-state index < -0.39 is 0 Å². The van der Waals surface area contributed by atoms with E-state index in [0.29, 0.717) is 5.41 Å². The lowest BCUT2D eigenvalue weighted by Gasteiger charge is -2.15. The molecule has 2 aromatic rings. The quantitative estimate of drug-likeness (QED) is 0.891. The van der Waals surface area contributed by atoms with Gasteiger partial charge in [-0.1, -0.05) is 61.5 Å². The fraction of sp³-hybridized carbons (Fsp3) is 0.294. The van der Waals surface area contributed by atoms with Crippen LogP contribution in [0.1, 0.15) is 42.5 Å². The summed E-state index contributed by atoms with van der Waals surface area (Å²) in [6, 6.07) is 19.1. The standard InChI is InChI=1S/C17H19N.ClH/c1-17(11-12-17)15-9-7-14(8-10-15)16(18)13-5-3-2-4-6-13;/h2-10,16H,11-12,18H2,1H3;1H/t16-;/m0./s1. The van der Waals surface area contributed by atoms with Gasteiger partial charge in [0.2, 0.25) is 0 Å². The minimum absolute atomic E-state index is 0. The molecule has 3 rings (SSSR count). The Balaban J connectivity index is 0.00000133. The normalized spacial score (nSPS) is 17.4. The fourth-order valence-corrected chi connectivity index (χ4v) is 2.42.